The molecule has 5 nitrogen and oxygen atoms in total. The first-order valence-electron chi connectivity index (χ1n) is 8.41. The first-order valence-corrected chi connectivity index (χ1v) is 8.41. The number of carbonyl (C=O) groups excluding carboxylic acids is 2. The highest BCUT2D eigenvalue weighted by atomic mass is 16.2. The maximum atomic E-state index is 12.2. The number of nitrogens with one attached hydrogen (secondary N) is 2. The fourth-order valence-corrected chi connectivity index (χ4v) is 2.37. The van der Waals surface area contributed by atoms with Gasteiger partial charge in [-0.15, -0.1) is 0 Å². The van der Waals surface area contributed by atoms with Crippen molar-refractivity contribution in [3.8, 4) is 0 Å². The molecule has 2 aromatic rings. The molecule has 0 bridgehead atoms. The Hall–Kier alpha value is -2.66. The molecule has 2 rings (SSSR count). The van der Waals surface area contributed by atoms with Crippen LogP contribution in [0.1, 0.15) is 42.7 Å². The molecule has 0 aliphatic heterocycles. The maximum absolute atomic E-state index is 12.2. The van der Waals surface area contributed by atoms with Crippen LogP contribution in [0.2, 0.25) is 0 Å². The monoisotopic (exact) mass is 339 g/mol. The van der Waals surface area contributed by atoms with Crippen molar-refractivity contribution < 1.29 is 9.59 Å². The Bertz CT molecular complexity index is 729. The van der Waals surface area contributed by atoms with Gasteiger partial charge in [0.2, 0.25) is 5.91 Å². The molecule has 1 unspecified atom stereocenters. The van der Waals surface area contributed by atoms with E-state index in [2.05, 4.69) is 10.6 Å². The van der Waals surface area contributed by atoms with Crippen molar-refractivity contribution in [2.75, 3.05) is 5.32 Å². The second kappa shape index (κ2) is 8.44. The smallest absolute Gasteiger partial charge is 0.255 e. The molecule has 0 spiro atoms. The Morgan fingerprint density at radius 2 is 1.64 bits per heavy atom. The molecule has 0 heterocycles. The lowest BCUT2D eigenvalue weighted by atomic mass is 10.0. The Labute approximate surface area is 148 Å². The van der Waals surface area contributed by atoms with Gasteiger partial charge in [0.1, 0.15) is 0 Å². The third-order valence-electron chi connectivity index (χ3n) is 4.06. The van der Waals surface area contributed by atoms with Crippen LogP contribution in [0.5, 0.6) is 0 Å². The number of nitrogens with two attached hydrogens (primary N) is 1. The van der Waals surface area contributed by atoms with Crippen LogP contribution in [-0.2, 0) is 4.79 Å². The van der Waals surface area contributed by atoms with Crippen molar-refractivity contribution in [3.05, 3.63) is 65.7 Å². The van der Waals surface area contributed by atoms with Crippen LogP contribution in [0.15, 0.2) is 54.6 Å². The zero-order valence-corrected chi connectivity index (χ0v) is 14.8. The summed E-state index contributed by atoms with van der Waals surface area (Å²) in [4.78, 5) is 24.3. The van der Waals surface area contributed by atoms with E-state index in [-0.39, 0.29) is 23.8 Å². The third kappa shape index (κ3) is 5.16. The third-order valence-corrected chi connectivity index (χ3v) is 4.06. The average Bonchev–Trinajstić information content (AvgIpc) is 2.61. The van der Waals surface area contributed by atoms with Gasteiger partial charge in [-0.05, 0) is 42.7 Å². The van der Waals surface area contributed by atoms with Gasteiger partial charge in [0.15, 0.2) is 0 Å². The van der Waals surface area contributed by atoms with E-state index in [0.717, 1.165) is 5.56 Å². The molecular formula is C20H25N3O2. The molecular weight excluding hydrogens is 314 g/mol. The topological polar surface area (TPSA) is 84.2 Å². The molecule has 0 aliphatic rings. The van der Waals surface area contributed by atoms with Crippen LogP contribution >= 0.6 is 0 Å². The molecule has 0 radical (unpaired) electrons. The fraction of sp³-hybridized carbons (Fsp3) is 0.300. The van der Waals surface area contributed by atoms with Gasteiger partial charge in [0.05, 0.1) is 12.1 Å². The Balaban J connectivity index is 2.05. The van der Waals surface area contributed by atoms with E-state index >= 15 is 0 Å². The standard InChI is InChI=1S/C20H25N3O2/c1-13(2)18(21)20(25)22-14(3)16-10-7-11-17(12-16)23-19(24)15-8-5-4-6-9-15/h4-14,18H,21H2,1-3H3,(H,22,25)(H,23,24)/t14?,18-/m0/s1. The predicted molar refractivity (Wildman–Crippen MR) is 100 cm³/mol. The first-order chi connectivity index (χ1) is 11.9. The number of hydrogen-bond donors (Lipinski definition) is 3. The molecule has 25 heavy (non-hydrogen) atoms. The van der Waals surface area contributed by atoms with Crippen LogP contribution in [0, 0.1) is 5.92 Å². The quantitative estimate of drug-likeness (QED) is 0.756. The highest BCUT2D eigenvalue weighted by Gasteiger charge is 2.19. The minimum Gasteiger partial charge on any atom is -0.348 e. The molecule has 2 amide bonds. The van der Waals surface area contributed by atoms with Crippen LogP contribution < -0.4 is 16.4 Å². The molecule has 0 fully saturated rings. The molecule has 0 saturated carbocycles. The number of carbonyl (C=O) groups is 2. The van der Waals surface area contributed by atoms with Crippen molar-refractivity contribution >= 4 is 17.5 Å². The van der Waals surface area contributed by atoms with Gasteiger partial charge in [-0.25, -0.2) is 0 Å². The van der Waals surface area contributed by atoms with E-state index in [1.54, 1.807) is 12.1 Å². The average molecular weight is 339 g/mol. The fourth-order valence-electron chi connectivity index (χ4n) is 2.37. The first kappa shape index (κ1) is 18.7. The van der Waals surface area contributed by atoms with Crippen LogP contribution in [0.3, 0.4) is 0 Å². The second-order valence-electron chi connectivity index (χ2n) is 6.45. The van der Waals surface area contributed by atoms with E-state index in [0.29, 0.717) is 11.3 Å². The lowest BCUT2D eigenvalue weighted by Crippen LogP contribution is -2.44. The summed E-state index contributed by atoms with van der Waals surface area (Å²) < 4.78 is 0. The molecule has 0 saturated heterocycles. The summed E-state index contributed by atoms with van der Waals surface area (Å²) in [6.45, 7) is 5.71. The van der Waals surface area contributed by atoms with Crippen molar-refractivity contribution in [2.24, 2.45) is 11.7 Å². The SMILES string of the molecule is CC(NC(=O)[C@@H](N)C(C)C)c1cccc(NC(=O)c2ccccc2)c1. The zero-order valence-electron chi connectivity index (χ0n) is 14.8. The van der Waals surface area contributed by atoms with Crippen molar-refractivity contribution in [1.29, 1.82) is 0 Å². The number of benzene rings is 2. The summed E-state index contributed by atoms with van der Waals surface area (Å²) >= 11 is 0. The summed E-state index contributed by atoms with van der Waals surface area (Å²) in [6.07, 6.45) is 0. The number of anilines is 1. The van der Waals surface area contributed by atoms with Gasteiger partial charge in [-0.2, -0.15) is 0 Å². The highest BCUT2D eigenvalue weighted by molar-refractivity contribution is 6.04. The summed E-state index contributed by atoms with van der Waals surface area (Å²) in [5, 5.41) is 5.78. The number of rotatable bonds is 6. The lowest BCUT2D eigenvalue weighted by molar-refractivity contribution is -0.123. The summed E-state index contributed by atoms with van der Waals surface area (Å²) in [7, 11) is 0. The summed E-state index contributed by atoms with van der Waals surface area (Å²) in [5.74, 6) is -0.277. The molecule has 2 aromatic carbocycles. The zero-order chi connectivity index (χ0) is 18.4. The van der Waals surface area contributed by atoms with Gasteiger partial charge >= 0.3 is 0 Å². The molecule has 4 N–H and O–H groups in total. The van der Waals surface area contributed by atoms with Gasteiger partial charge < -0.3 is 16.4 Å². The van der Waals surface area contributed by atoms with E-state index in [4.69, 9.17) is 5.73 Å². The molecule has 5 heteroatoms. The Kier molecular flexibility index (Phi) is 6.31. The number of amides is 2. The van der Waals surface area contributed by atoms with E-state index in [9.17, 15) is 9.59 Å². The Morgan fingerprint density at radius 3 is 2.28 bits per heavy atom. The number of hydrogen-bond acceptors (Lipinski definition) is 3. The summed E-state index contributed by atoms with van der Waals surface area (Å²) in [5.41, 5.74) is 8.05. The molecule has 132 valence electrons. The van der Waals surface area contributed by atoms with Crippen LogP contribution in [-0.4, -0.2) is 17.9 Å². The van der Waals surface area contributed by atoms with E-state index in [1.807, 2.05) is 63.2 Å². The lowest BCUT2D eigenvalue weighted by Gasteiger charge is -2.20. The minimum absolute atomic E-state index is 0.0729. The predicted octanol–water partition coefficient (Wildman–Crippen LogP) is 3.10. The van der Waals surface area contributed by atoms with Gasteiger partial charge in [-0.1, -0.05) is 44.2 Å². The molecule has 2 atom stereocenters. The second-order valence-corrected chi connectivity index (χ2v) is 6.45. The maximum Gasteiger partial charge on any atom is 0.255 e. The largest absolute Gasteiger partial charge is 0.348 e. The van der Waals surface area contributed by atoms with Crippen molar-refractivity contribution in [3.63, 3.8) is 0 Å². The highest BCUT2D eigenvalue weighted by Crippen LogP contribution is 2.18. The van der Waals surface area contributed by atoms with E-state index in [1.165, 1.54) is 0 Å². The van der Waals surface area contributed by atoms with Gasteiger partial charge in [-0.3, -0.25) is 9.59 Å². The minimum atomic E-state index is -0.539. The van der Waals surface area contributed by atoms with Crippen molar-refractivity contribution in [2.45, 2.75) is 32.9 Å². The Morgan fingerprint density at radius 1 is 0.960 bits per heavy atom. The van der Waals surface area contributed by atoms with Crippen LogP contribution in [0.25, 0.3) is 0 Å². The van der Waals surface area contributed by atoms with Gasteiger partial charge in [0.25, 0.3) is 5.91 Å². The summed E-state index contributed by atoms with van der Waals surface area (Å²) in [6, 6.07) is 15.7. The van der Waals surface area contributed by atoms with Crippen LogP contribution in [0.4, 0.5) is 5.69 Å². The van der Waals surface area contributed by atoms with E-state index < -0.39 is 6.04 Å². The van der Waals surface area contributed by atoms with Crippen molar-refractivity contribution in [1.82, 2.24) is 5.32 Å². The van der Waals surface area contributed by atoms with Gasteiger partial charge in [0, 0.05) is 11.3 Å². The normalized spacial score (nSPS) is 13.2. The molecule has 0 aliphatic carbocycles. The molecule has 0 aromatic heterocycles.